The van der Waals surface area contributed by atoms with Gasteiger partial charge in [-0.05, 0) is 69.1 Å². The topological polar surface area (TPSA) is 64.6 Å². The maximum Gasteiger partial charge on any atom is 0.314 e. The molecular formula is C15H24ClNO4Si2. The number of ketones is 1. The smallest absolute Gasteiger partial charge is 0.314 e. The highest BCUT2D eigenvalue weighted by molar-refractivity contribution is 6.71. The van der Waals surface area contributed by atoms with Gasteiger partial charge in [-0.3, -0.25) is 9.59 Å². The molecule has 0 aliphatic carbocycles. The van der Waals surface area contributed by atoms with E-state index in [0.717, 1.165) is 0 Å². The van der Waals surface area contributed by atoms with Crippen LogP contribution in [0.5, 0.6) is 11.5 Å². The lowest BCUT2D eigenvalue weighted by atomic mass is 10.1. The van der Waals surface area contributed by atoms with Crippen molar-refractivity contribution < 1.29 is 18.4 Å². The van der Waals surface area contributed by atoms with E-state index in [2.05, 4.69) is 44.6 Å². The van der Waals surface area contributed by atoms with Gasteiger partial charge in [0, 0.05) is 5.56 Å². The van der Waals surface area contributed by atoms with Gasteiger partial charge in [0.1, 0.15) is 11.5 Å². The second-order valence-electron chi connectivity index (χ2n) is 7.14. The first-order valence-electron chi connectivity index (χ1n) is 7.36. The molecule has 1 amide bonds. The van der Waals surface area contributed by atoms with E-state index in [1.54, 1.807) is 18.2 Å². The third-order valence-electron chi connectivity index (χ3n) is 2.49. The fraction of sp³-hybridized carbons (Fsp3) is 0.467. The summed E-state index contributed by atoms with van der Waals surface area (Å²) in [5.41, 5.74) is 0.451. The van der Waals surface area contributed by atoms with Gasteiger partial charge in [-0.25, -0.2) is 0 Å². The Morgan fingerprint density at radius 1 is 1.00 bits per heavy atom. The Bertz CT molecular complexity index is 594. The van der Waals surface area contributed by atoms with Gasteiger partial charge >= 0.3 is 5.37 Å². The highest BCUT2D eigenvalue weighted by Gasteiger charge is 2.24. The van der Waals surface area contributed by atoms with Gasteiger partial charge in [0.15, 0.2) is 5.78 Å². The number of carbonyl (C=O) groups is 2. The maximum atomic E-state index is 12.1. The van der Waals surface area contributed by atoms with Crippen LogP contribution in [0.3, 0.4) is 0 Å². The quantitative estimate of drug-likeness (QED) is 0.336. The Labute approximate surface area is 144 Å². The Morgan fingerprint density at radius 3 is 2.00 bits per heavy atom. The summed E-state index contributed by atoms with van der Waals surface area (Å²) in [4.78, 5) is 22.8. The van der Waals surface area contributed by atoms with E-state index in [-0.39, 0.29) is 12.3 Å². The molecule has 1 aromatic rings. The van der Waals surface area contributed by atoms with E-state index in [1.165, 1.54) is 0 Å². The number of nitrogens with one attached hydrogen (secondary N) is 1. The molecule has 0 saturated carbocycles. The van der Waals surface area contributed by atoms with Crippen LogP contribution in [0.1, 0.15) is 10.4 Å². The third-order valence-corrected chi connectivity index (χ3v) is 4.28. The Balaban J connectivity index is 3.10. The average molecular weight is 374 g/mol. The third kappa shape index (κ3) is 7.67. The molecule has 5 nitrogen and oxygen atoms in total. The Kier molecular flexibility index (Phi) is 6.44. The van der Waals surface area contributed by atoms with E-state index in [9.17, 15) is 9.59 Å². The number of carbonyl (C=O) groups excluding carboxylic acids is 2. The van der Waals surface area contributed by atoms with E-state index in [1.807, 2.05) is 0 Å². The van der Waals surface area contributed by atoms with Crippen LogP contribution in [0.15, 0.2) is 18.2 Å². The molecule has 1 N–H and O–H groups in total. The first kappa shape index (κ1) is 19.7. The SMILES string of the molecule is C[Si](C)(C)Oc1ccc(C(=O)CNC(=O)Cl)cc1O[Si](C)(C)C. The van der Waals surface area contributed by atoms with Gasteiger partial charge in [-0.15, -0.1) is 0 Å². The number of hydrogen-bond acceptors (Lipinski definition) is 4. The molecule has 1 aromatic carbocycles. The van der Waals surface area contributed by atoms with Crippen LogP contribution in [-0.4, -0.2) is 34.3 Å². The van der Waals surface area contributed by atoms with Crippen molar-refractivity contribution in [1.29, 1.82) is 0 Å². The van der Waals surface area contributed by atoms with Crippen LogP contribution in [0, 0.1) is 0 Å². The van der Waals surface area contributed by atoms with Crippen LogP contribution < -0.4 is 14.2 Å². The largest absolute Gasteiger partial charge is 0.542 e. The van der Waals surface area contributed by atoms with E-state index in [0.29, 0.717) is 17.1 Å². The number of halogens is 1. The number of rotatable bonds is 7. The summed E-state index contributed by atoms with van der Waals surface area (Å²) in [7, 11) is -3.67. The Morgan fingerprint density at radius 2 is 1.52 bits per heavy atom. The molecule has 0 spiro atoms. The summed E-state index contributed by atoms with van der Waals surface area (Å²) in [6.07, 6.45) is 0. The molecule has 0 aliphatic heterocycles. The first-order chi connectivity index (χ1) is 10.4. The maximum absolute atomic E-state index is 12.1. The minimum absolute atomic E-state index is 0.150. The van der Waals surface area contributed by atoms with E-state index in [4.69, 9.17) is 20.5 Å². The average Bonchev–Trinajstić information content (AvgIpc) is 2.34. The second-order valence-corrected chi connectivity index (χ2v) is 16.3. The van der Waals surface area contributed by atoms with Crippen molar-refractivity contribution in [2.45, 2.75) is 39.3 Å². The minimum Gasteiger partial charge on any atom is -0.542 e. The fourth-order valence-electron chi connectivity index (χ4n) is 1.76. The van der Waals surface area contributed by atoms with Gasteiger partial charge in [0.25, 0.3) is 0 Å². The minimum atomic E-state index is -1.87. The van der Waals surface area contributed by atoms with Gasteiger partial charge in [-0.1, -0.05) is 0 Å². The van der Waals surface area contributed by atoms with Gasteiger partial charge in [-0.2, -0.15) is 0 Å². The van der Waals surface area contributed by atoms with Crippen molar-refractivity contribution in [1.82, 2.24) is 5.32 Å². The molecule has 0 radical (unpaired) electrons. The van der Waals surface area contributed by atoms with Crippen LogP contribution in [0.2, 0.25) is 39.3 Å². The standard InChI is InChI=1S/C15H24ClNO4Si2/c1-22(2,3)20-13-8-7-11(12(18)10-17-15(16)19)9-14(13)21-23(4,5)6/h7-9H,10H2,1-6H3,(H,17,19). The van der Waals surface area contributed by atoms with Crippen molar-refractivity contribution in [3.63, 3.8) is 0 Å². The summed E-state index contributed by atoms with van der Waals surface area (Å²) >= 11 is 5.19. The molecule has 8 heteroatoms. The van der Waals surface area contributed by atoms with Crippen LogP contribution in [-0.2, 0) is 0 Å². The predicted molar refractivity (Wildman–Crippen MR) is 98.0 cm³/mol. The molecule has 23 heavy (non-hydrogen) atoms. The van der Waals surface area contributed by atoms with Crippen molar-refractivity contribution in [3.05, 3.63) is 23.8 Å². The Hall–Kier alpha value is -1.32. The lowest BCUT2D eigenvalue weighted by molar-refractivity contribution is 0.0993. The van der Waals surface area contributed by atoms with Crippen molar-refractivity contribution >= 4 is 39.4 Å². The highest BCUT2D eigenvalue weighted by Crippen LogP contribution is 2.32. The molecule has 128 valence electrons. The lowest BCUT2D eigenvalue weighted by Crippen LogP contribution is -2.32. The van der Waals surface area contributed by atoms with E-state index < -0.39 is 22.0 Å². The van der Waals surface area contributed by atoms with Crippen molar-refractivity contribution in [2.24, 2.45) is 0 Å². The normalized spacial score (nSPS) is 11.8. The van der Waals surface area contributed by atoms with Crippen molar-refractivity contribution in [3.8, 4) is 11.5 Å². The number of hydrogen-bond donors (Lipinski definition) is 1. The van der Waals surface area contributed by atoms with Crippen LogP contribution in [0.4, 0.5) is 4.79 Å². The molecule has 0 saturated heterocycles. The predicted octanol–water partition coefficient (Wildman–Crippen LogP) is 4.25. The zero-order valence-corrected chi connectivity index (χ0v) is 17.2. The molecule has 0 aromatic heterocycles. The van der Waals surface area contributed by atoms with Gasteiger partial charge in [0.05, 0.1) is 6.54 Å². The van der Waals surface area contributed by atoms with Gasteiger partial charge < -0.3 is 14.2 Å². The molecule has 0 bridgehead atoms. The number of benzene rings is 1. The summed E-state index contributed by atoms with van der Waals surface area (Å²) in [6, 6.07) is 5.11. The number of Topliss-reactive ketones (excluding diaryl/α,β-unsaturated/α-hetero) is 1. The molecule has 0 aliphatic rings. The van der Waals surface area contributed by atoms with Crippen LogP contribution in [0.25, 0.3) is 0 Å². The van der Waals surface area contributed by atoms with Crippen LogP contribution >= 0.6 is 11.6 Å². The fourth-order valence-corrected chi connectivity index (χ4v) is 3.47. The molecule has 1 rings (SSSR count). The lowest BCUT2D eigenvalue weighted by Gasteiger charge is -2.26. The number of amides is 1. The first-order valence-corrected chi connectivity index (χ1v) is 14.6. The molecule has 0 unspecified atom stereocenters. The highest BCUT2D eigenvalue weighted by atomic mass is 35.5. The zero-order chi connectivity index (χ0) is 17.8. The summed E-state index contributed by atoms with van der Waals surface area (Å²) in [5.74, 6) is 0.998. The monoisotopic (exact) mass is 373 g/mol. The molecule has 0 heterocycles. The summed E-state index contributed by atoms with van der Waals surface area (Å²) in [6.45, 7) is 12.3. The second kappa shape index (κ2) is 7.50. The summed E-state index contributed by atoms with van der Waals surface area (Å²) in [5, 5.41) is 1.53. The zero-order valence-electron chi connectivity index (χ0n) is 14.5. The molecule has 0 atom stereocenters. The summed E-state index contributed by atoms with van der Waals surface area (Å²) < 4.78 is 12.1. The molecular weight excluding hydrogens is 350 g/mol. The van der Waals surface area contributed by atoms with Gasteiger partial charge in [0.2, 0.25) is 16.6 Å². The molecule has 0 fully saturated rings. The van der Waals surface area contributed by atoms with Crippen molar-refractivity contribution in [2.75, 3.05) is 6.54 Å². The van der Waals surface area contributed by atoms with E-state index >= 15 is 0 Å².